The van der Waals surface area contributed by atoms with Gasteiger partial charge in [0.15, 0.2) is 0 Å². The van der Waals surface area contributed by atoms with Crippen LogP contribution in [-0.2, 0) is 9.59 Å². The zero-order chi connectivity index (χ0) is 21.3. The second-order valence-corrected chi connectivity index (χ2v) is 7.06. The molecule has 3 aromatic carbocycles. The molecule has 0 aliphatic rings. The van der Waals surface area contributed by atoms with Crippen LogP contribution in [0.25, 0.3) is 0 Å². The Morgan fingerprint density at radius 2 is 1.27 bits per heavy atom. The zero-order valence-corrected chi connectivity index (χ0v) is 17.0. The van der Waals surface area contributed by atoms with E-state index in [1.54, 1.807) is 24.3 Å². The predicted octanol–water partition coefficient (Wildman–Crippen LogP) is 5.12. The van der Waals surface area contributed by atoms with E-state index in [1.807, 2.05) is 68.4 Å². The van der Waals surface area contributed by atoms with Crippen molar-refractivity contribution < 1.29 is 14.3 Å². The molecule has 2 amide bonds. The lowest BCUT2D eigenvalue weighted by atomic mass is 10.2. The molecule has 3 rings (SSSR count). The van der Waals surface area contributed by atoms with Crippen molar-refractivity contribution in [2.45, 2.75) is 13.8 Å². The van der Waals surface area contributed by atoms with E-state index in [0.29, 0.717) is 11.4 Å². The van der Waals surface area contributed by atoms with Gasteiger partial charge < -0.3 is 20.7 Å². The first-order chi connectivity index (χ1) is 14.5. The lowest BCUT2D eigenvalue weighted by molar-refractivity contribution is -0.119. The number of nitrogens with one attached hydrogen (secondary N) is 3. The maximum atomic E-state index is 12.2. The van der Waals surface area contributed by atoms with E-state index in [4.69, 9.17) is 4.74 Å². The minimum atomic E-state index is -0.168. The van der Waals surface area contributed by atoms with Gasteiger partial charge in [-0.2, -0.15) is 0 Å². The Hall–Kier alpha value is -3.80. The van der Waals surface area contributed by atoms with Gasteiger partial charge in [-0.25, -0.2) is 0 Å². The quantitative estimate of drug-likeness (QED) is 0.487. The third-order valence-corrected chi connectivity index (χ3v) is 4.25. The first kappa shape index (κ1) is 20.9. The van der Waals surface area contributed by atoms with Crippen LogP contribution in [0.2, 0.25) is 0 Å². The third-order valence-electron chi connectivity index (χ3n) is 4.25. The predicted molar refractivity (Wildman–Crippen MR) is 120 cm³/mol. The second-order valence-electron chi connectivity index (χ2n) is 7.06. The van der Waals surface area contributed by atoms with Crippen molar-refractivity contribution in [3.05, 3.63) is 78.9 Å². The topological polar surface area (TPSA) is 79.5 Å². The fourth-order valence-electron chi connectivity index (χ4n) is 2.58. The van der Waals surface area contributed by atoms with Gasteiger partial charge in [-0.05, 0) is 60.7 Å². The molecule has 154 valence electrons. The van der Waals surface area contributed by atoms with Gasteiger partial charge in [-0.3, -0.25) is 9.59 Å². The summed E-state index contributed by atoms with van der Waals surface area (Å²) in [6, 6.07) is 24.0. The lowest BCUT2D eigenvalue weighted by Crippen LogP contribution is -2.21. The van der Waals surface area contributed by atoms with Crippen molar-refractivity contribution in [2.24, 2.45) is 5.92 Å². The summed E-state index contributed by atoms with van der Waals surface area (Å²) in [7, 11) is 0. The van der Waals surface area contributed by atoms with Gasteiger partial charge in [0.2, 0.25) is 11.8 Å². The Labute approximate surface area is 176 Å². The van der Waals surface area contributed by atoms with Crippen molar-refractivity contribution in [3.8, 4) is 11.5 Å². The molecule has 0 aliphatic heterocycles. The average Bonchev–Trinajstić information content (AvgIpc) is 2.75. The van der Waals surface area contributed by atoms with Gasteiger partial charge in [0.1, 0.15) is 11.5 Å². The Morgan fingerprint density at radius 1 is 0.733 bits per heavy atom. The van der Waals surface area contributed by atoms with Crippen LogP contribution in [0.15, 0.2) is 78.9 Å². The summed E-state index contributed by atoms with van der Waals surface area (Å²) < 4.78 is 5.75. The molecule has 0 spiro atoms. The molecule has 0 radical (unpaired) electrons. The summed E-state index contributed by atoms with van der Waals surface area (Å²) in [4.78, 5) is 23.9. The van der Waals surface area contributed by atoms with Crippen molar-refractivity contribution in [3.63, 3.8) is 0 Å². The minimum absolute atomic E-state index is 0.0452. The van der Waals surface area contributed by atoms with Gasteiger partial charge in [0, 0.05) is 23.0 Å². The van der Waals surface area contributed by atoms with Gasteiger partial charge >= 0.3 is 0 Å². The molecule has 6 nitrogen and oxygen atoms in total. The maximum absolute atomic E-state index is 12.2. The van der Waals surface area contributed by atoms with E-state index in [1.165, 1.54) is 0 Å². The molecule has 6 heteroatoms. The Kier molecular flexibility index (Phi) is 7.05. The van der Waals surface area contributed by atoms with Gasteiger partial charge in [0.05, 0.1) is 6.54 Å². The molecule has 0 fully saturated rings. The summed E-state index contributed by atoms with van der Waals surface area (Å²) >= 11 is 0. The zero-order valence-electron chi connectivity index (χ0n) is 17.0. The van der Waals surface area contributed by atoms with Crippen LogP contribution < -0.4 is 20.7 Å². The molecule has 0 aromatic heterocycles. The summed E-state index contributed by atoms with van der Waals surface area (Å²) in [5.41, 5.74) is 2.18. The molecule has 0 bridgehead atoms. The highest BCUT2D eigenvalue weighted by Crippen LogP contribution is 2.22. The number of hydrogen-bond donors (Lipinski definition) is 3. The maximum Gasteiger partial charge on any atom is 0.243 e. The number of benzene rings is 3. The van der Waals surface area contributed by atoms with E-state index >= 15 is 0 Å². The lowest BCUT2D eigenvalue weighted by Gasteiger charge is -2.11. The smallest absolute Gasteiger partial charge is 0.243 e. The standard InChI is InChI=1S/C24H25N3O3/c1-17(2)24(29)27-20-10-8-19(9-11-20)26-23(28)16-25-18-12-14-22(15-13-18)30-21-6-4-3-5-7-21/h3-15,17,25H,16H2,1-2H3,(H,26,28)(H,27,29). The second kappa shape index (κ2) is 10.1. The molecule has 3 aromatic rings. The molecule has 0 saturated carbocycles. The van der Waals surface area contributed by atoms with Crippen LogP contribution in [0.3, 0.4) is 0 Å². The highest BCUT2D eigenvalue weighted by Gasteiger charge is 2.07. The number of amides is 2. The first-order valence-corrected chi connectivity index (χ1v) is 9.77. The largest absolute Gasteiger partial charge is 0.457 e. The Balaban J connectivity index is 1.45. The molecule has 30 heavy (non-hydrogen) atoms. The first-order valence-electron chi connectivity index (χ1n) is 9.77. The fraction of sp³-hybridized carbons (Fsp3) is 0.167. The number of anilines is 3. The van der Waals surface area contributed by atoms with Crippen molar-refractivity contribution in [1.29, 1.82) is 0 Å². The van der Waals surface area contributed by atoms with E-state index in [-0.39, 0.29) is 24.3 Å². The molecule has 0 heterocycles. The van der Waals surface area contributed by atoms with Crippen LogP contribution in [0.4, 0.5) is 17.1 Å². The fourth-order valence-corrected chi connectivity index (χ4v) is 2.58. The van der Waals surface area contributed by atoms with Gasteiger partial charge in [-0.1, -0.05) is 32.0 Å². The number of rotatable bonds is 8. The van der Waals surface area contributed by atoms with Crippen molar-refractivity contribution >= 4 is 28.9 Å². The third kappa shape index (κ3) is 6.38. The number of hydrogen-bond acceptors (Lipinski definition) is 4. The number of para-hydroxylation sites is 1. The van der Waals surface area contributed by atoms with Crippen LogP contribution in [0.5, 0.6) is 11.5 Å². The monoisotopic (exact) mass is 403 g/mol. The van der Waals surface area contributed by atoms with E-state index in [2.05, 4.69) is 16.0 Å². The Morgan fingerprint density at radius 3 is 1.87 bits per heavy atom. The van der Waals surface area contributed by atoms with Crippen LogP contribution >= 0.6 is 0 Å². The highest BCUT2D eigenvalue weighted by atomic mass is 16.5. The van der Waals surface area contributed by atoms with E-state index in [9.17, 15) is 9.59 Å². The molecule has 0 atom stereocenters. The van der Waals surface area contributed by atoms with Crippen molar-refractivity contribution in [1.82, 2.24) is 0 Å². The molecular formula is C24H25N3O3. The summed E-state index contributed by atoms with van der Waals surface area (Å²) in [5, 5.41) is 8.72. The van der Waals surface area contributed by atoms with E-state index in [0.717, 1.165) is 17.2 Å². The molecule has 0 saturated heterocycles. The SMILES string of the molecule is CC(C)C(=O)Nc1ccc(NC(=O)CNc2ccc(Oc3ccccc3)cc2)cc1. The summed E-state index contributed by atoms with van der Waals surface area (Å²) in [5.74, 6) is 1.19. The van der Waals surface area contributed by atoms with Gasteiger partial charge in [-0.15, -0.1) is 0 Å². The van der Waals surface area contributed by atoms with Crippen LogP contribution in [0, 0.1) is 5.92 Å². The van der Waals surface area contributed by atoms with Crippen LogP contribution in [0.1, 0.15) is 13.8 Å². The normalized spacial score (nSPS) is 10.4. The highest BCUT2D eigenvalue weighted by molar-refractivity contribution is 5.95. The molecule has 3 N–H and O–H groups in total. The van der Waals surface area contributed by atoms with Crippen molar-refractivity contribution in [2.75, 3.05) is 22.5 Å². The van der Waals surface area contributed by atoms with Crippen LogP contribution in [-0.4, -0.2) is 18.4 Å². The summed E-state index contributed by atoms with van der Waals surface area (Å²) in [6.45, 7) is 3.80. The minimum Gasteiger partial charge on any atom is -0.457 e. The number of carbonyl (C=O) groups excluding carboxylic acids is 2. The molecule has 0 aliphatic carbocycles. The molecule has 0 unspecified atom stereocenters. The van der Waals surface area contributed by atoms with Gasteiger partial charge in [0.25, 0.3) is 0 Å². The summed E-state index contributed by atoms with van der Waals surface area (Å²) in [6.07, 6.45) is 0. The van der Waals surface area contributed by atoms with E-state index < -0.39 is 0 Å². The number of ether oxygens (including phenoxy) is 1. The number of carbonyl (C=O) groups is 2. The molecular weight excluding hydrogens is 378 g/mol. The Bertz CT molecular complexity index is 969. The average molecular weight is 403 g/mol.